The molecule has 0 aliphatic heterocycles. The smallest absolute Gasteiger partial charge is 0.0771 e. The number of aliphatic hydroxyl groups is 1. The van der Waals surface area contributed by atoms with E-state index in [0.717, 1.165) is 25.8 Å². The van der Waals surface area contributed by atoms with E-state index in [1.54, 1.807) is 0 Å². The summed E-state index contributed by atoms with van der Waals surface area (Å²) in [5.74, 6) is 0. The number of aromatic nitrogens is 2. The van der Waals surface area contributed by atoms with Gasteiger partial charge in [0.15, 0.2) is 0 Å². The van der Waals surface area contributed by atoms with E-state index in [-0.39, 0.29) is 0 Å². The topological polar surface area (TPSA) is 50.1 Å². The van der Waals surface area contributed by atoms with Crippen molar-refractivity contribution in [3.05, 3.63) is 18.0 Å². The number of nitrogens with one attached hydrogen (secondary N) is 1. The minimum atomic E-state index is -0.436. The maximum absolute atomic E-state index is 9.90. The molecule has 0 spiro atoms. The fourth-order valence-corrected chi connectivity index (χ4v) is 1.95. The zero-order valence-corrected chi connectivity index (χ0v) is 10.1. The van der Waals surface area contributed by atoms with Crippen LogP contribution in [-0.2, 0) is 6.54 Å². The highest BCUT2D eigenvalue weighted by Crippen LogP contribution is 2.30. The Morgan fingerprint density at radius 2 is 2.31 bits per heavy atom. The Bertz CT molecular complexity index is 342. The third-order valence-corrected chi connectivity index (χ3v) is 3.25. The normalized spacial score (nSPS) is 18.8. The molecule has 0 atom stereocenters. The van der Waals surface area contributed by atoms with Crippen LogP contribution in [0, 0.1) is 0 Å². The Balaban J connectivity index is 1.76. The van der Waals surface area contributed by atoms with Gasteiger partial charge in [0.05, 0.1) is 11.8 Å². The second kappa shape index (κ2) is 4.55. The lowest BCUT2D eigenvalue weighted by Crippen LogP contribution is -2.45. The molecule has 1 aromatic heterocycles. The van der Waals surface area contributed by atoms with Crippen molar-refractivity contribution in [1.29, 1.82) is 0 Å². The average molecular weight is 223 g/mol. The lowest BCUT2D eigenvalue weighted by molar-refractivity contribution is -0.0314. The minimum Gasteiger partial charge on any atom is -0.389 e. The number of hydrogen-bond acceptors (Lipinski definition) is 3. The average Bonchev–Trinajstić information content (AvgIpc) is 2.64. The molecule has 0 saturated heterocycles. The lowest BCUT2D eigenvalue weighted by Gasteiger charge is -2.36. The maximum atomic E-state index is 9.90. The Morgan fingerprint density at radius 1 is 1.56 bits per heavy atom. The van der Waals surface area contributed by atoms with Gasteiger partial charge >= 0.3 is 0 Å². The molecule has 0 unspecified atom stereocenters. The molecule has 0 aromatic carbocycles. The molecule has 1 aromatic rings. The largest absolute Gasteiger partial charge is 0.389 e. The summed E-state index contributed by atoms with van der Waals surface area (Å²) in [5, 5.41) is 17.5. The van der Waals surface area contributed by atoms with E-state index in [4.69, 9.17) is 0 Å². The highest BCUT2D eigenvalue weighted by Gasteiger charge is 2.33. The second-order valence-corrected chi connectivity index (χ2v) is 5.10. The summed E-state index contributed by atoms with van der Waals surface area (Å²) in [6, 6.07) is 0.407. The van der Waals surface area contributed by atoms with Crippen molar-refractivity contribution in [2.24, 2.45) is 0 Å². The molecule has 0 bridgehead atoms. The van der Waals surface area contributed by atoms with Gasteiger partial charge in [-0.05, 0) is 33.1 Å². The van der Waals surface area contributed by atoms with Crippen molar-refractivity contribution in [2.75, 3.05) is 6.54 Å². The molecule has 0 amide bonds. The summed E-state index contributed by atoms with van der Waals surface area (Å²) in [6.07, 6.45) is 6.97. The summed E-state index contributed by atoms with van der Waals surface area (Å²) >= 11 is 0. The molecule has 2 N–H and O–H groups in total. The fraction of sp³-hybridized carbons (Fsp3) is 0.750. The van der Waals surface area contributed by atoms with E-state index in [0.29, 0.717) is 12.6 Å². The lowest BCUT2D eigenvalue weighted by atomic mass is 9.80. The number of nitrogens with zero attached hydrogens (tertiary/aromatic N) is 2. The molecule has 4 heteroatoms. The highest BCUT2D eigenvalue weighted by atomic mass is 16.3. The van der Waals surface area contributed by atoms with Crippen LogP contribution in [0.5, 0.6) is 0 Å². The zero-order valence-electron chi connectivity index (χ0n) is 10.1. The van der Waals surface area contributed by atoms with Crippen molar-refractivity contribution in [2.45, 2.75) is 51.3 Å². The fourth-order valence-electron chi connectivity index (χ4n) is 1.95. The molecule has 1 fully saturated rings. The molecule has 0 radical (unpaired) electrons. The van der Waals surface area contributed by atoms with Crippen molar-refractivity contribution >= 4 is 0 Å². The van der Waals surface area contributed by atoms with Crippen LogP contribution < -0.4 is 5.32 Å². The van der Waals surface area contributed by atoms with Gasteiger partial charge in [-0.3, -0.25) is 4.68 Å². The van der Waals surface area contributed by atoms with Gasteiger partial charge < -0.3 is 10.4 Å². The molecule has 1 aliphatic carbocycles. The first-order chi connectivity index (χ1) is 7.59. The van der Waals surface area contributed by atoms with Crippen LogP contribution in [0.3, 0.4) is 0 Å². The van der Waals surface area contributed by atoms with E-state index >= 15 is 0 Å². The van der Waals surface area contributed by atoms with Crippen LogP contribution in [0.4, 0.5) is 0 Å². The highest BCUT2D eigenvalue weighted by molar-refractivity contribution is 5.04. The van der Waals surface area contributed by atoms with E-state index in [2.05, 4.69) is 30.5 Å². The summed E-state index contributed by atoms with van der Waals surface area (Å²) < 4.78 is 1.95. The van der Waals surface area contributed by atoms with Crippen molar-refractivity contribution in [3.63, 3.8) is 0 Å². The van der Waals surface area contributed by atoms with Gasteiger partial charge in [0.1, 0.15) is 0 Å². The Morgan fingerprint density at radius 3 is 2.81 bits per heavy atom. The van der Waals surface area contributed by atoms with Gasteiger partial charge in [0.25, 0.3) is 0 Å². The predicted molar refractivity (Wildman–Crippen MR) is 63.1 cm³/mol. The van der Waals surface area contributed by atoms with Crippen molar-refractivity contribution in [3.8, 4) is 0 Å². The van der Waals surface area contributed by atoms with Crippen molar-refractivity contribution < 1.29 is 5.11 Å². The zero-order chi connectivity index (χ0) is 11.6. The molecule has 1 aliphatic rings. The van der Waals surface area contributed by atoms with Crippen LogP contribution in [0.25, 0.3) is 0 Å². The van der Waals surface area contributed by atoms with Gasteiger partial charge in [0.2, 0.25) is 0 Å². The third-order valence-electron chi connectivity index (χ3n) is 3.25. The van der Waals surface area contributed by atoms with E-state index in [1.165, 1.54) is 5.56 Å². The quantitative estimate of drug-likeness (QED) is 0.794. The Hall–Kier alpha value is -0.870. The maximum Gasteiger partial charge on any atom is 0.0771 e. The standard InChI is InChI=1S/C12H21N3O/c1-10(2)15-8-11(7-14-15)6-13-9-12(16)4-3-5-12/h7-8,10,13,16H,3-6,9H2,1-2H3. The van der Waals surface area contributed by atoms with Crippen LogP contribution in [0.15, 0.2) is 12.4 Å². The molecule has 16 heavy (non-hydrogen) atoms. The molecule has 1 heterocycles. The second-order valence-electron chi connectivity index (χ2n) is 5.10. The van der Waals surface area contributed by atoms with Crippen LogP contribution in [0.2, 0.25) is 0 Å². The molecule has 4 nitrogen and oxygen atoms in total. The molecule has 90 valence electrons. The monoisotopic (exact) mass is 223 g/mol. The van der Waals surface area contributed by atoms with E-state index in [9.17, 15) is 5.11 Å². The first-order valence-electron chi connectivity index (χ1n) is 6.05. The summed E-state index contributed by atoms with van der Waals surface area (Å²) in [5.41, 5.74) is 0.741. The summed E-state index contributed by atoms with van der Waals surface area (Å²) in [6.45, 7) is 5.71. The summed E-state index contributed by atoms with van der Waals surface area (Å²) in [4.78, 5) is 0. The van der Waals surface area contributed by atoms with Crippen LogP contribution >= 0.6 is 0 Å². The first kappa shape index (κ1) is 11.6. The minimum absolute atomic E-state index is 0.407. The van der Waals surface area contributed by atoms with Crippen LogP contribution in [-0.4, -0.2) is 27.0 Å². The van der Waals surface area contributed by atoms with Crippen LogP contribution in [0.1, 0.15) is 44.7 Å². The molecular formula is C12H21N3O. The molecule has 1 saturated carbocycles. The Labute approximate surface area is 96.7 Å². The predicted octanol–water partition coefficient (Wildman–Crippen LogP) is 1.47. The van der Waals surface area contributed by atoms with E-state index < -0.39 is 5.60 Å². The van der Waals surface area contributed by atoms with Gasteiger partial charge in [0, 0.05) is 30.9 Å². The van der Waals surface area contributed by atoms with Gasteiger partial charge in [-0.2, -0.15) is 5.10 Å². The molecule has 2 rings (SSSR count). The van der Waals surface area contributed by atoms with Crippen molar-refractivity contribution in [1.82, 2.24) is 15.1 Å². The summed E-state index contributed by atoms with van der Waals surface area (Å²) in [7, 11) is 0. The van der Waals surface area contributed by atoms with Gasteiger partial charge in [-0.1, -0.05) is 0 Å². The van der Waals surface area contributed by atoms with Gasteiger partial charge in [-0.25, -0.2) is 0 Å². The SMILES string of the molecule is CC(C)n1cc(CNCC2(O)CCC2)cn1. The molecular weight excluding hydrogens is 202 g/mol. The number of hydrogen-bond donors (Lipinski definition) is 2. The van der Waals surface area contributed by atoms with Gasteiger partial charge in [-0.15, -0.1) is 0 Å². The van der Waals surface area contributed by atoms with E-state index in [1.807, 2.05) is 10.9 Å². The Kier molecular flexibility index (Phi) is 3.30. The third kappa shape index (κ3) is 2.62. The first-order valence-corrected chi connectivity index (χ1v) is 6.05. The number of rotatable bonds is 5.